The number of benzene rings is 2. The summed E-state index contributed by atoms with van der Waals surface area (Å²) in [5.41, 5.74) is 3.51. The highest BCUT2D eigenvalue weighted by Gasteiger charge is 2.10. The number of aryl methyl sites for hydroxylation is 1. The van der Waals surface area contributed by atoms with Crippen LogP contribution in [0.3, 0.4) is 0 Å². The molecule has 1 aromatic heterocycles. The molecule has 2 amide bonds. The summed E-state index contributed by atoms with van der Waals surface area (Å²) >= 11 is 0. The monoisotopic (exact) mass is 364 g/mol. The molecule has 0 aliphatic heterocycles. The van der Waals surface area contributed by atoms with Gasteiger partial charge in [0.05, 0.1) is 5.69 Å². The summed E-state index contributed by atoms with van der Waals surface area (Å²) in [5.74, 6) is -0.488. The van der Waals surface area contributed by atoms with E-state index < -0.39 is 0 Å². The fraction of sp³-hybridized carbons (Fsp3) is 0.150. The van der Waals surface area contributed by atoms with Crippen LogP contribution in [0.2, 0.25) is 0 Å². The highest BCUT2D eigenvalue weighted by Crippen LogP contribution is 2.21. The Hall–Kier alpha value is -3.45. The quantitative estimate of drug-likeness (QED) is 0.704. The van der Waals surface area contributed by atoms with Gasteiger partial charge in [-0.1, -0.05) is 6.07 Å². The van der Waals surface area contributed by atoms with E-state index in [1.54, 1.807) is 35.1 Å². The van der Waals surface area contributed by atoms with Crippen molar-refractivity contribution in [1.29, 1.82) is 0 Å². The Morgan fingerprint density at radius 3 is 2.56 bits per heavy atom. The Morgan fingerprint density at radius 2 is 1.89 bits per heavy atom. The number of nitrogens with zero attached hydrogens (tertiary/aromatic N) is 2. The maximum atomic E-state index is 12.6. The zero-order valence-corrected chi connectivity index (χ0v) is 15.1. The van der Waals surface area contributed by atoms with Crippen molar-refractivity contribution in [3.63, 3.8) is 0 Å². The van der Waals surface area contributed by atoms with Crippen molar-refractivity contribution in [2.75, 3.05) is 24.4 Å². The molecule has 0 fully saturated rings. The van der Waals surface area contributed by atoms with Crippen LogP contribution in [0.4, 0.5) is 11.4 Å². The summed E-state index contributed by atoms with van der Waals surface area (Å²) in [7, 11) is 1.46. The number of nitrogens with one attached hydrogen (secondary N) is 2. The molecule has 0 saturated heterocycles. The molecule has 0 bridgehead atoms. The van der Waals surface area contributed by atoms with E-state index in [4.69, 9.17) is 4.74 Å². The highest BCUT2D eigenvalue weighted by molar-refractivity contribution is 6.05. The second-order valence-electron chi connectivity index (χ2n) is 5.96. The van der Waals surface area contributed by atoms with E-state index in [2.05, 4.69) is 15.7 Å². The molecule has 0 unspecified atom stereocenters. The lowest BCUT2D eigenvalue weighted by molar-refractivity contribution is -0.119. The van der Waals surface area contributed by atoms with Gasteiger partial charge in [0.1, 0.15) is 6.61 Å². The third-order valence-electron chi connectivity index (χ3n) is 3.94. The molecular formula is C20H20N4O3. The van der Waals surface area contributed by atoms with Gasteiger partial charge >= 0.3 is 0 Å². The zero-order chi connectivity index (χ0) is 19.2. The molecule has 0 aliphatic carbocycles. The van der Waals surface area contributed by atoms with Gasteiger partial charge in [-0.3, -0.25) is 9.59 Å². The molecule has 138 valence electrons. The summed E-state index contributed by atoms with van der Waals surface area (Å²) in [6, 6.07) is 14.3. The number of carbonyl (C=O) groups excluding carboxylic acids is 2. The van der Waals surface area contributed by atoms with Gasteiger partial charge in [-0.05, 0) is 55.0 Å². The van der Waals surface area contributed by atoms with Crippen molar-refractivity contribution < 1.29 is 14.3 Å². The number of ether oxygens (including phenoxy) is 1. The minimum Gasteiger partial charge on any atom is -0.375 e. The number of hydrogen-bond donors (Lipinski definition) is 2. The van der Waals surface area contributed by atoms with Crippen molar-refractivity contribution in [1.82, 2.24) is 9.78 Å². The van der Waals surface area contributed by atoms with E-state index in [1.165, 1.54) is 7.11 Å². The Balaban J connectivity index is 1.72. The molecule has 27 heavy (non-hydrogen) atoms. The Labute approximate surface area is 157 Å². The molecule has 0 radical (unpaired) electrons. The van der Waals surface area contributed by atoms with E-state index in [1.807, 2.05) is 37.4 Å². The normalized spacial score (nSPS) is 10.4. The van der Waals surface area contributed by atoms with Gasteiger partial charge in [-0.25, -0.2) is 4.68 Å². The first-order valence-electron chi connectivity index (χ1n) is 8.37. The van der Waals surface area contributed by atoms with Gasteiger partial charge < -0.3 is 15.4 Å². The van der Waals surface area contributed by atoms with Crippen molar-refractivity contribution in [3.8, 4) is 5.69 Å². The molecule has 0 saturated carbocycles. The Bertz CT molecular complexity index is 934. The predicted octanol–water partition coefficient (Wildman–Crippen LogP) is 3.02. The van der Waals surface area contributed by atoms with Gasteiger partial charge in [-0.2, -0.15) is 5.10 Å². The number of aromatic nitrogens is 2. The molecule has 0 spiro atoms. The maximum Gasteiger partial charge on any atom is 0.255 e. The van der Waals surface area contributed by atoms with Crippen LogP contribution in [0.1, 0.15) is 15.9 Å². The number of methoxy groups -OCH3 is 1. The van der Waals surface area contributed by atoms with Crippen LogP contribution in [0, 0.1) is 6.92 Å². The molecule has 0 aliphatic rings. The maximum absolute atomic E-state index is 12.6. The van der Waals surface area contributed by atoms with Gasteiger partial charge in [0.2, 0.25) is 5.91 Å². The molecule has 0 atom stereocenters. The van der Waals surface area contributed by atoms with E-state index in [0.29, 0.717) is 16.9 Å². The lowest BCUT2D eigenvalue weighted by atomic mass is 10.1. The standard InChI is InChI=1S/C20H20N4O3/c1-14-4-7-16(22-19(25)13-27-2)12-18(14)23-20(26)15-5-8-17(9-6-15)24-11-3-10-21-24/h3-12H,13H2,1-2H3,(H,22,25)(H,23,26). The summed E-state index contributed by atoms with van der Waals surface area (Å²) in [4.78, 5) is 24.2. The molecule has 7 heteroatoms. The average Bonchev–Trinajstić information content (AvgIpc) is 3.19. The first-order valence-corrected chi connectivity index (χ1v) is 8.37. The van der Waals surface area contributed by atoms with Crippen LogP contribution in [0.5, 0.6) is 0 Å². The van der Waals surface area contributed by atoms with Crippen LogP contribution < -0.4 is 10.6 Å². The predicted molar refractivity (Wildman–Crippen MR) is 103 cm³/mol. The summed E-state index contributed by atoms with van der Waals surface area (Å²) < 4.78 is 6.52. The number of amides is 2. The summed E-state index contributed by atoms with van der Waals surface area (Å²) in [6.07, 6.45) is 3.53. The van der Waals surface area contributed by atoms with Crippen LogP contribution in [-0.4, -0.2) is 35.3 Å². The minimum absolute atomic E-state index is 0.0296. The first kappa shape index (κ1) is 18.3. The topological polar surface area (TPSA) is 85.3 Å². The molecule has 3 rings (SSSR count). The summed E-state index contributed by atoms with van der Waals surface area (Å²) in [5, 5.41) is 9.76. The van der Waals surface area contributed by atoms with Crippen molar-refractivity contribution in [3.05, 3.63) is 72.1 Å². The minimum atomic E-state index is -0.257. The molecule has 3 aromatic rings. The molecular weight excluding hydrogens is 344 g/mol. The second kappa shape index (κ2) is 8.29. The average molecular weight is 364 g/mol. The third-order valence-corrected chi connectivity index (χ3v) is 3.94. The van der Waals surface area contributed by atoms with Gasteiger partial charge in [0.25, 0.3) is 5.91 Å². The van der Waals surface area contributed by atoms with Crippen LogP contribution in [0.15, 0.2) is 60.9 Å². The van der Waals surface area contributed by atoms with Gasteiger partial charge in [0.15, 0.2) is 0 Å². The van der Waals surface area contributed by atoms with Crippen LogP contribution in [0.25, 0.3) is 5.69 Å². The molecule has 2 aromatic carbocycles. The fourth-order valence-electron chi connectivity index (χ4n) is 2.54. The van der Waals surface area contributed by atoms with Crippen molar-refractivity contribution in [2.45, 2.75) is 6.92 Å². The second-order valence-corrected chi connectivity index (χ2v) is 5.96. The number of hydrogen-bond acceptors (Lipinski definition) is 4. The zero-order valence-electron chi connectivity index (χ0n) is 15.1. The molecule has 1 heterocycles. The molecule has 7 nitrogen and oxygen atoms in total. The first-order chi connectivity index (χ1) is 13.1. The van der Waals surface area contributed by atoms with Gasteiger partial charge in [0, 0.05) is 36.4 Å². The molecule has 2 N–H and O–H groups in total. The largest absolute Gasteiger partial charge is 0.375 e. The van der Waals surface area contributed by atoms with Gasteiger partial charge in [-0.15, -0.1) is 0 Å². The third kappa shape index (κ3) is 4.59. The summed E-state index contributed by atoms with van der Waals surface area (Å²) in [6.45, 7) is 1.86. The smallest absolute Gasteiger partial charge is 0.255 e. The highest BCUT2D eigenvalue weighted by atomic mass is 16.5. The van der Waals surface area contributed by atoms with E-state index >= 15 is 0 Å². The number of carbonyl (C=O) groups is 2. The SMILES string of the molecule is COCC(=O)Nc1ccc(C)c(NC(=O)c2ccc(-n3cccn3)cc2)c1. The van der Waals surface area contributed by atoms with Crippen LogP contribution >= 0.6 is 0 Å². The Kier molecular flexibility index (Phi) is 5.63. The van der Waals surface area contributed by atoms with Crippen molar-refractivity contribution >= 4 is 23.2 Å². The van der Waals surface area contributed by atoms with E-state index in [0.717, 1.165) is 11.3 Å². The number of anilines is 2. The van der Waals surface area contributed by atoms with Crippen molar-refractivity contribution in [2.24, 2.45) is 0 Å². The van der Waals surface area contributed by atoms with E-state index in [9.17, 15) is 9.59 Å². The number of rotatable bonds is 6. The Morgan fingerprint density at radius 1 is 1.11 bits per heavy atom. The lowest BCUT2D eigenvalue weighted by Gasteiger charge is -2.12. The fourth-order valence-corrected chi connectivity index (χ4v) is 2.54. The van der Waals surface area contributed by atoms with Crippen LogP contribution in [-0.2, 0) is 9.53 Å². The lowest BCUT2D eigenvalue weighted by Crippen LogP contribution is -2.18. The van der Waals surface area contributed by atoms with E-state index in [-0.39, 0.29) is 18.4 Å².